The summed E-state index contributed by atoms with van der Waals surface area (Å²) >= 11 is 0. The van der Waals surface area contributed by atoms with Gasteiger partial charge in [0.1, 0.15) is 5.75 Å². The number of nitrogen functional groups attached to an aromatic ring is 1. The van der Waals surface area contributed by atoms with E-state index < -0.39 is 15.9 Å². The van der Waals surface area contributed by atoms with Gasteiger partial charge in [-0.1, -0.05) is 0 Å². The number of amides is 1. The number of nitrogens with two attached hydrogens (primary N) is 2. The third kappa shape index (κ3) is 3.61. The quantitative estimate of drug-likeness (QED) is 0.402. The summed E-state index contributed by atoms with van der Waals surface area (Å²) in [5.74, 6) is -0.793. The molecule has 7 nitrogen and oxygen atoms in total. The zero-order valence-electron chi connectivity index (χ0n) is 8.88. The number of aromatic hydroxyl groups is 1. The standard InChI is InChI=1S/C9H13N3O4S/c10-7-5-6(1-2-8(7)13)17(15,16)12-4-3-9(11)14/h1-2,5,12-13H,3-4,10H2,(H2,11,14). The predicted molar refractivity (Wildman–Crippen MR) is 61.5 cm³/mol. The molecule has 6 N–H and O–H groups in total. The normalized spacial score (nSPS) is 11.3. The number of benzene rings is 1. The molecular formula is C9H13N3O4S. The lowest BCUT2D eigenvalue weighted by molar-refractivity contribution is -0.117. The van der Waals surface area contributed by atoms with Gasteiger partial charge in [-0.25, -0.2) is 13.1 Å². The molecule has 1 amide bonds. The van der Waals surface area contributed by atoms with E-state index in [1.165, 1.54) is 12.1 Å². The third-order valence-electron chi connectivity index (χ3n) is 1.97. The Hall–Kier alpha value is -1.80. The largest absolute Gasteiger partial charge is 0.506 e. The van der Waals surface area contributed by atoms with Crippen molar-refractivity contribution in [3.05, 3.63) is 18.2 Å². The van der Waals surface area contributed by atoms with E-state index >= 15 is 0 Å². The number of hydrogen-bond donors (Lipinski definition) is 4. The molecule has 0 spiro atoms. The average molecular weight is 259 g/mol. The maximum Gasteiger partial charge on any atom is 0.240 e. The first-order chi connectivity index (χ1) is 7.83. The van der Waals surface area contributed by atoms with Gasteiger partial charge in [-0.05, 0) is 18.2 Å². The van der Waals surface area contributed by atoms with Crippen LogP contribution in [0.5, 0.6) is 5.75 Å². The molecule has 0 saturated carbocycles. The molecular weight excluding hydrogens is 246 g/mol. The SMILES string of the molecule is NC(=O)CCNS(=O)(=O)c1ccc(O)c(N)c1. The van der Waals surface area contributed by atoms with Crippen LogP contribution in [0.1, 0.15) is 6.42 Å². The highest BCUT2D eigenvalue weighted by atomic mass is 32.2. The summed E-state index contributed by atoms with van der Waals surface area (Å²) in [7, 11) is -3.74. The van der Waals surface area contributed by atoms with Crippen molar-refractivity contribution in [1.29, 1.82) is 0 Å². The fourth-order valence-electron chi connectivity index (χ4n) is 1.09. The number of nitrogens with one attached hydrogen (secondary N) is 1. The molecule has 8 heteroatoms. The maximum atomic E-state index is 11.7. The van der Waals surface area contributed by atoms with E-state index in [0.29, 0.717) is 0 Å². The highest BCUT2D eigenvalue weighted by molar-refractivity contribution is 7.89. The monoisotopic (exact) mass is 259 g/mol. The van der Waals surface area contributed by atoms with E-state index in [2.05, 4.69) is 4.72 Å². The van der Waals surface area contributed by atoms with E-state index in [0.717, 1.165) is 6.07 Å². The van der Waals surface area contributed by atoms with E-state index in [1.807, 2.05) is 0 Å². The lowest BCUT2D eigenvalue weighted by atomic mass is 10.3. The molecule has 0 unspecified atom stereocenters. The van der Waals surface area contributed by atoms with Crippen molar-refractivity contribution < 1.29 is 18.3 Å². The van der Waals surface area contributed by atoms with Crippen molar-refractivity contribution in [3.8, 4) is 5.75 Å². The fourth-order valence-corrected chi connectivity index (χ4v) is 2.16. The Balaban J connectivity index is 2.82. The minimum atomic E-state index is -3.74. The number of phenols is 1. The first-order valence-electron chi connectivity index (χ1n) is 4.69. The molecule has 1 aromatic carbocycles. The zero-order chi connectivity index (χ0) is 13.1. The van der Waals surface area contributed by atoms with Crippen molar-refractivity contribution in [2.24, 2.45) is 5.73 Å². The van der Waals surface area contributed by atoms with E-state index in [1.54, 1.807) is 0 Å². The van der Waals surface area contributed by atoms with Gasteiger partial charge in [0.05, 0.1) is 10.6 Å². The van der Waals surface area contributed by atoms with Gasteiger partial charge in [-0.2, -0.15) is 0 Å². The van der Waals surface area contributed by atoms with Crippen LogP contribution in [-0.4, -0.2) is 26.0 Å². The van der Waals surface area contributed by atoms with Crippen molar-refractivity contribution in [1.82, 2.24) is 4.72 Å². The second kappa shape index (κ2) is 5.02. The Morgan fingerprint density at radius 1 is 1.41 bits per heavy atom. The number of carbonyl (C=O) groups excluding carboxylic acids is 1. The molecule has 0 fully saturated rings. The Bertz CT molecular complexity index is 527. The number of sulfonamides is 1. The molecule has 1 aromatic rings. The number of rotatable bonds is 5. The van der Waals surface area contributed by atoms with E-state index in [9.17, 15) is 13.2 Å². The van der Waals surface area contributed by atoms with Crippen molar-refractivity contribution >= 4 is 21.6 Å². The number of hydrogen-bond acceptors (Lipinski definition) is 5. The van der Waals surface area contributed by atoms with E-state index in [-0.39, 0.29) is 29.3 Å². The van der Waals surface area contributed by atoms with Gasteiger partial charge in [0.15, 0.2) is 0 Å². The summed E-state index contributed by atoms with van der Waals surface area (Å²) in [5, 5.41) is 9.16. The maximum absolute atomic E-state index is 11.7. The molecule has 0 radical (unpaired) electrons. The van der Waals surface area contributed by atoms with Crippen LogP contribution in [-0.2, 0) is 14.8 Å². The summed E-state index contributed by atoms with van der Waals surface area (Å²) in [5.41, 5.74) is 10.2. The lowest BCUT2D eigenvalue weighted by Gasteiger charge is -2.07. The molecule has 0 aliphatic carbocycles. The van der Waals surface area contributed by atoms with Crippen LogP contribution in [0.15, 0.2) is 23.1 Å². The minimum Gasteiger partial charge on any atom is -0.506 e. The molecule has 94 valence electrons. The van der Waals surface area contributed by atoms with Crippen LogP contribution >= 0.6 is 0 Å². The van der Waals surface area contributed by atoms with Crippen LogP contribution < -0.4 is 16.2 Å². The molecule has 0 aromatic heterocycles. The highest BCUT2D eigenvalue weighted by Crippen LogP contribution is 2.22. The average Bonchev–Trinajstić information content (AvgIpc) is 2.21. The van der Waals surface area contributed by atoms with Gasteiger partial charge in [-0.3, -0.25) is 4.79 Å². The van der Waals surface area contributed by atoms with Gasteiger partial charge in [0.2, 0.25) is 15.9 Å². The van der Waals surface area contributed by atoms with Crippen molar-refractivity contribution in [2.75, 3.05) is 12.3 Å². The molecule has 1 rings (SSSR count). The molecule has 0 aliphatic rings. The van der Waals surface area contributed by atoms with E-state index in [4.69, 9.17) is 16.6 Å². The highest BCUT2D eigenvalue weighted by Gasteiger charge is 2.14. The number of anilines is 1. The van der Waals surface area contributed by atoms with Crippen LogP contribution in [0.2, 0.25) is 0 Å². The Morgan fingerprint density at radius 3 is 2.59 bits per heavy atom. The van der Waals surface area contributed by atoms with Gasteiger partial charge in [-0.15, -0.1) is 0 Å². The number of carbonyl (C=O) groups is 1. The Labute approximate surface area is 98.5 Å². The van der Waals surface area contributed by atoms with Gasteiger partial charge in [0, 0.05) is 13.0 Å². The number of primary amides is 1. The molecule has 0 saturated heterocycles. The van der Waals surface area contributed by atoms with Crippen LogP contribution in [0.25, 0.3) is 0 Å². The fraction of sp³-hybridized carbons (Fsp3) is 0.222. The smallest absolute Gasteiger partial charge is 0.240 e. The number of phenolic OH excluding ortho intramolecular Hbond substituents is 1. The topological polar surface area (TPSA) is 136 Å². The van der Waals surface area contributed by atoms with Crippen molar-refractivity contribution in [2.45, 2.75) is 11.3 Å². The second-order valence-corrected chi connectivity index (χ2v) is 5.10. The zero-order valence-corrected chi connectivity index (χ0v) is 9.70. The molecule has 0 aliphatic heterocycles. The molecule has 0 heterocycles. The summed E-state index contributed by atoms with van der Waals surface area (Å²) < 4.78 is 25.5. The molecule has 0 bridgehead atoms. The summed E-state index contributed by atoms with van der Waals surface area (Å²) in [6, 6.07) is 3.51. The minimum absolute atomic E-state index is 0.0391. The molecule has 17 heavy (non-hydrogen) atoms. The lowest BCUT2D eigenvalue weighted by Crippen LogP contribution is -2.28. The first kappa shape index (κ1) is 13.3. The molecule has 0 atom stereocenters. The van der Waals surface area contributed by atoms with Crippen molar-refractivity contribution in [3.63, 3.8) is 0 Å². The van der Waals surface area contributed by atoms with Gasteiger partial charge < -0.3 is 16.6 Å². The first-order valence-corrected chi connectivity index (χ1v) is 6.17. The summed E-state index contributed by atoms with van der Waals surface area (Å²) in [4.78, 5) is 10.4. The third-order valence-corrected chi connectivity index (χ3v) is 3.43. The summed E-state index contributed by atoms with van der Waals surface area (Å²) in [6.07, 6.45) is -0.0905. The Kier molecular flexibility index (Phi) is 3.92. The van der Waals surface area contributed by atoms with Crippen LogP contribution in [0.3, 0.4) is 0 Å². The Morgan fingerprint density at radius 2 is 2.06 bits per heavy atom. The second-order valence-electron chi connectivity index (χ2n) is 3.33. The predicted octanol–water partition coefficient (Wildman–Crippen LogP) is -0.872. The van der Waals surface area contributed by atoms with Crippen LogP contribution in [0.4, 0.5) is 5.69 Å². The van der Waals surface area contributed by atoms with Gasteiger partial charge in [0.25, 0.3) is 0 Å². The summed E-state index contributed by atoms with van der Waals surface area (Å²) in [6.45, 7) is -0.0849. The van der Waals surface area contributed by atoms with Crippen LogP contribution in [0, 0.1) is 0 Å². The van der Waals surface area contributed by atoms with Gasteiger partial charge >= 0.3 is 0 Å².